The molecule has 0 bridgehead atoms. The Hall–Kier alpha value is -1.21. The molecule has 0 spiro atoms. The van der Waals surface area contributed by atoms with E-state index in [0.29, 0.717) is 0 Å². The van der Waals surface area contributed by atoms with Crippen molar-refractivity contribution in [3.8, 4) is 0 Å². The molecule has 0 radical (unpaired) electrons. The predicted molar refractivity (Wildman–Crippen MR) is 83.8 cm³/mol. The minimum atomic E-state index is 1.24. The van der Waals surface area contributed by atoms with E-state index >= 15 is 0 Å². The summed E-state index contributed by atoms with van der Waals surface area (Å²) in [4.78, 5) is 1.46. The number of rotatable bonds is 5. The number of unbranched alkanes of at least 4 members (excludes halogenated alkanes) is 2. The van der Waals surface area contributed by atoms with Gasteiger partial charge in [0.15, 0.2) is 0 Å². The third kappa shape index (κ3) is 2.08. The summed E-state index contributed by atoms with van der Waals surface area (Å²) in [6.45, 7) is 2.26. The fraction of sp³-hybridized carbons (Fsp3) is 0.294. The van der Waals surface area contributed by atoms with E-state index in [1.807, 2.05) is 11.8 Å². The van der Waals surface area contributed by atoms with Gasteiger partial charge in [-0.15, -0.1) is 11.8 Å². The molecule has 1 aliphatic rings. The van der Waals surface area contributed by atoms with E-state index in [1.165, 1.54) is 51.8 Å². The highest BCUT2D eigenvalue weighted by molar-refractivity contribution is 8.08. The van der Waals surface area contributed by atoms with Crippen LogP contribution in [0.25, 0.3) is 21.8 Å². The molecule has 2 aromatic carbocycles. The van der Waals surface area contributed by atoms with Gasteiger partial charge in [0.2, 0.25) is 0 Å². The van der Waals surface area contributed by atoms with Gasteiger partial charge in [-0.2, -0.15) is 0 Å². The van der Waals surface area contributed by atoms with Crippen LogP contribution in [0.2, 0.25) is 0 Å². The molecule has 92 valence electrons. The number of benzene rings is 2. The highest BCUT2D eigenvalue weighted by Crippen LogP contribution is 2.42. The van der Waals surface area contributed by atoms with Crippen molar-refractivity contribution < 1.29 is 0 Å². The molecule has 0 fully saturated rings. The summed E-state index contributed by atoms with van der Waals surface area (Å²) in [5.74, 6) is 1.24. The van der Waals surface area contributed by atoms with Gasteiger partial charge in [-0.05, 0) is 40.1 Å². The predicted octanol–water partition coefficient (Wildman–Crippen LogP) is 5.57. The maximum atomic E-state index is 2.36. The Kier molecular flexibility index (Phi) is 3.42. The molecule has 0 unspecified atom stereocenters. The monoisotopic (exact) mass is 254 g/mol. The van der Waals surface area contributed by atoms with Gasteiger partial charge in [0, 0.05) is 4.91 Å². The zero-order valence-electron chi connectivity index (χ0n) is 10.8. The van der Waals surface area contributed by atoms with Crippen LogP contribution in [0.15, 0.2) is 36.4 Å². The van der Waals surface area contributed by atoms with Crippen LogP contribution >= 0.6 is 11.8 Å². The summed E-state index contributed by atoms with van der Waals surface area (Å²) in [5.41, 5.74) is 2.82. The minimum Gasteiger partial charge on any atom is -0.125 e. The van der Waals surface area contributed by atoms with E-state index in [0.717, 1.165) is 0 Å². The summed E-state index contributed by atoms with van der Waals surface area (Å²) in [7, 11) is 0. The van der Waals surface area contributed by atoms with Crippen LogP contribution in [0, 0.1) is 0 Å². The lowest BCUT2D eigenvalue weighted by Gasteiger charge is -2.05. The topological polar surface area (TPSA) is 0 Å². The molecular weight excluding hydrogens is 236 g/mol. The number of hydrogen-bond acceptors (Lipinski definition) is 1. The second kappa shape index (κ2) is 5.19. The van der Waals surface area contributed by atoms with Crippen molar-refractivity contribution in [2.75, 3.05) is 5.75 Å². The second-order valence-corrected chi connectivity index (χ2v) is 5.95. The molecular formula is C17H18S. The van der Waals surface area contributed by atoms with Crippen LogP contribution in [0.1, 0.15) is 37.3 Å². The molecule has 2 aromatic rings. The van der Waals surface area contributed by atoms with Gasteiger partial charge in [0.25, 0.3) is 0 Å². The number of hydrogen-bond donors (Lipinski definition) is 0. The molecule has 3 rings (SSSR count). The fourth-order valence-electron chi connectivity index (χ4n) is 2.57. The van der Waals surface area contributed by atoms with Gasteiger partial charge < -0.3 is 0 Å². The van der Waals surface area contributed by atoms with Gasteiger partial charge in [-0.3, -0.25) is 0 Å². The van der Waals surface area contributed by atoms with Crippen molar-refractivity contribution in [2.24, 2.45) is 0 Å². The van der Waals surface area contributed by atoms with Gasteiger partial charge in [0.1, 0.15) is 0 Å². The van der Waals surface area contributed by atoms with Crippen molar-refractivity contribution in [3.05, 3.63) is 47.5 Å². The molecule has 0 heterocycles. The van der Waals surface area contributed by atoms with Gasteiger partial charge in [-0.1, -0.05) is 56.2 Å². The molecule has 0 atom stereocenters. The summed E-state index contributed by atoms with van der Waals surface area (Å²) in [6.07, 6.45) is 6.33. The summed E-state index contributed by atoms with van der Waals surface area (Å²) >= 11 is 2.01. The molecule has 0 aliphatic heterocycles. The first-order valence-corrected chi connectivity index (χ1v) is 7.75. The van der Waals surface area contributed by atoms with E-state index in [1.54, 1.807) is 0 Å². The van der Waals surface area contributed by atoms with Crippen LogP contribution in [-0.2, 0) is 0 Å². The van der Waals surface area contributed by atoms with E-state index in [2.05, 4.69) is 49.4 Å². The van der Waals surface area contributed by atoms with E-state index in [4.69, 9.17) is 0 Å². The fourth-order valence-corrected chi connectivity index (χ4v) is 3.67. The molecule has 1 heteroatoms. The molecule has 0 aromatic heterocycles. The molecule has 0 saturated heterocycles. The average molecular weight is 254 g/mol. The summed E-state index contributed by atoms with van der Waals surface area (Å²) < 4.78 is 0. The zero-order chi connectivity index (χ0) is 12.4. The van der Waals surface area contributed by atoms with E-state index in [9.17, 15) is 0 Å². The van der Waals surface area contributed by atoms with E-state index < -0.39 is 0 Å². The normalized spacial score (nSPS) is 13.1. The van der Waals surface area contributed by atoms with Crippen LogP contribution in [-0.4, -0.2) is 5.75 Å². The Morgan fingerprint density at radius 3 is 2.67 bits per heavy atom. The first kappa shape index (κ1) is 11.9. The highest BCUT2D eigenvalue weighted by Gasteiger charge is 2.15. The molecule has 1 aliphatic carbocycles. The van der Waals surface area contributed by atoms with Crippen molar-refractivity contribution in [1.29, 1.82) is 0 Å². The van der Waals surface area contributed by atoms with E-state index in [-0.39, 0.29) is 0 Å². The third-order valence-electron chi connectivity index (χ3n) is 3.49. The van der Waals surface area contributed by atoms with Gasteiger partial charge >= 0.3 is 0 Å². The SMILES string of the molecule is CCCCCSC1=Cc2cccc3cccc1c23. The van der Waals surface area contributed by atoms with Gasteiger partial charge in [0.05, 0.1) is 0 Å². The average Bonchev–Trinajstić information content (AvgIpc) is 2.76. The Bertz CT molecular complexity index is 590. The molecule has 0 nitrogen and oxygen atoms in total. The Labute approximate surface area is 113 Å². The Morgan fingerprint density at radius 2 is 1.83 bits per heavy atom. The number of thioether (sulfide) groups is 1. The van der Waals surface area contributed by atoms with Crippen LogP contribution in [0.5, 0.6) is 0 Å². The first-order chi connectivity index (χ1) is 8.90. The summed E-state index contributed by atoms with van der Waals surface area (Å²) in [5, 5.41) is 2.81. The molecule has 0 N–H and O–H groups in total. The lowest BCUT2D eigenvalue weighted by atomic mass is 10.0. The maximum Gasteiger partial charge on any atom is 0.0157 e. The van der Waals surface area contributed by atoms with Crippen molar-refractivity contribution in [2.45, 2.75) is 26.2 Å². The quantitative estimate of drug-likeness (QED) is 0.628. The Balaban J connectivity index is 1.86. The molecule has 0 amide bonds. The van der Waals surface area contributed by atoms with Crippen LogP contribution in [0.4, 0.5) is 0 Å². The Morgan fingerprint density at radius 1 is 1.00 bits per heavy atom. The maximum absolute atomic E-state index is 2.36. The second-order valence-electron chi connectivity index (χ2n) is 4.82. The highest BCUT2D eigenvalue weighted by atomic mass is 32.2. The molecule has 18 heavy (non-hydrogen) atoms. The first-order valence-electron chi connectivity index (χ1n) is 6.77. The molecule has 0 saturated carbocycles. The van der Waals surface area contributed by atoms with Crippen molar-refractivity contribution in [3.63, 3.8) is 0 Å². The lowest BCUT2D eigenvalue weighted by molar-refractivity contribution is 0.779. The van der Waals surface area contributed by atoms with Crippen molar-refractivity contribution in [1.82, 2.24) is 0 Å². The largest absolute Gasteiger partial charge is 0.125 e. The van der Waals surface area contributed by atoms with Crippen LogP contribution < -0.4 is 0 Å². The standard InChI is InChI=1S/C17H18S/c1-2-3-4-11-18-16-12-14-9-5-7-13-8-6-10-15(16)17(13)14/h5-10,12H,2-4,11H2,1H3. The smallest absolute Gasteiger partial charge is 0.0157 e. The van der Waals surface area contributed by atoms with Crippen molar-refractivity contribution >= 4 is 33.5 Å². The summed E-state index contributed by atoms with van der Waals surface area (Å²) in [6, 6.07) is 13.2. The van der Waals surface area contributed by atoms with Gasteiger partial charge in [-0.25, -0.2) is 0 Å². The lowest BCUT2D eigenvalue weighted by Crippen LogP contribution is -1.82. The third-order valence-corrected chi connectivity index (χ3v) is 4.64. The zero-order valence-corrected chi connectivity index (χ0v) is 11.6. The van der Waals surface area contributed by atoms with Crippen LogP contribution in [0.3, 0.4) is 0 Å². The minimum absolute atomic E-state index is 1.24.